The van der Waals surface area contributed by atoms with Crippen LogP contribution in [0, 0.1) is 0 Å². The van der Waals surface area contributed by atoms with Gasteiger partial charge in [0.1, 0.15) is 5.75 Å². The van der Waals surface area contributed by atoms with Crippen LogP contribution in [-0.2, 0) is 16.4 Å². The molecule has 1 aliphatic carbocycles. The van der Waals surface area contributed by atoms with Gasteiger partial charge >= 0.3 is 12.1 Å². The van der Waals surface area contributed by atoms with Gasteiger partial charge in [-0.25, -0.2) is 22.7 Å². The number of rotatable bonds is 12. The van der Waals surface area contributed by atoms with E-state index in [1.54, 1.807) is 24.3 Å². The fourth-order valence-corrected chi connectivity index (χ4v) is 5.43. The average Bonchev–Trinajstić information content (AvgIpc) is 2.96. The van der Waals surface area contributed by atoms with Gasteiger partial charge in [0.25, 0.3) is 15.9 Å². The van der Waals surface area contributed by atoms with Crippen molar-refractivity contribution in [3.05, 3.63) is 58.6 Å². The summed E-state index contributed by atoms with van der Waals surface area (Å²) in [7, 11) is -2.49. The molecule has 3 rings (SSSR count). The molecule has 11 nitrogen and oxygen atoms in total. The number of unbranched alkanes of at least 4 members (excludes halogenated alkanes) is 2. The Balaban J connectivity index is 0.000000592. The van der Waals surface area contributed by atoms with Crippen molar-refractivity contribution in [2.75, 3.05) is 20.2 Å². The molecule has 0 atom stereocenters. The number of benzene rings is 2. The topological polar surface area (TPSA) is 169 Å². The normalized spacial score (nSPS) is 13.2. The maximum absolute atomic E-state index is 12.5. The van der Waals surface area contributed by atoms with Crippen LogP contribution in [0.25, 0.3) is 0 Å². The number of nitrogens with one attached hydrogen (secondary N) is 4. The van der Waals surface area contributed by atoms with E-state index < -0.39 is 22.1 Å². The lowest BCUT2D eigenvalue weighted by Gasteiger charge is -2.22. The fraction of sp³-hybridized carbons (Fsp3) is 0.483. The van der Waals surface area contributed by atoms with Crippen molar-refractivity contribution in [1.82, 2.24) is 20.7 Å². The van der Waals surface area contributed by atoms with Crippen LogP contribution in [-0.4, -0.2) is 52.6 Å². The van der Waals surface area contributed by atoms with Gasteiger partial charge in [-0.05, 0) is 61.6 Å². The van der Waals surface area contributed by atoms with Gasteiger partial charge in [-0.1, -0.05) is 62.8 Å². The molecule has 0 unspecified atom stereocenters. The van der Waals surface area contributed by atoms with Gasteiger partial charge in [0, 0.05) is 24.2 Å². The maximum atomic E-state index is 12.5. The van der Waals surface area contributed by atoms with Crippen molar-refractivity contribution in [2.45, 2.75) is 75.6 Å². The van der Waals surface area contributed by atoms with E-state index in [2.05, 4.69) is 27.6 Å². The summed E-state index contributed by atoms with van der Waals surface area (Å²) >= 11 is 5.96. The Labute approximate surface area is 253 Å². The van der Waals surface area contributed by atoms with Crippen molar-refractivity contribution in [1.29, 1.82) is 0 Å². The zero-order valence-corrected chi connectivity index (χ0v) is 25.8. The number of sulfonamides is 1. The number of amides is 5. The van der Waals surface area contributed by atoms with Gasteiger partial charge in [0.05, 0.1) is 17.6 Å². The molecular formula is C29H42ClN5O6S. The molecule has 1 fully saturated rings. The molecule has 0 spiro atoms. The van der Waals surface area contributed by atoms with Gasteiger partial charge in [-0.15, -0.1) is 0 Å². The summed E-state index contributed by atoms with van der Waals surface area (Å²) in [6.07, 6.45) is 8.78. The number of hydrogen-bond donors (Lipinski definition) is 5. The first kappa shape index (κ1) is 34.7. The van der Waals surface area contributed by atoms with Gasteiger partial charge in [0.15, 0.2) is 0 Å². The molecule has 1 aliphatic rings. The highest BCUT2D eigenvalue weighted by atomic mass is 35.5. The van der Waals surface area contributed by atoms with E-state index >= 15 is 0 Å². The monoisotopic (exact) mass is 623 g/mol. The summed E-state index contributed by atoms with van der Waals surface area (Å²) in [5.41, 5.74) is 5.99. The van der Waals surface area contributed by atoms with Crippen LogP contribution in [0.15, 0.2) is 47.4 Å². The van der Waals surface area contributed by atoms with Crippen molar-refractivity contribution in [3.63, 3.8) is 0 Å². The average molecular weight is 624 g/mol. The molecule has 5 amide bonds. The van der Waals surface area contributed by atoms with E-state index in [-0.39, 0.29) is 16.8 Å². The lowest BCUT2D eigenvalue weighted by Crippen LogP contribution is -2.45. The standard InChI is InChI=1S/C23H28ClN3O5S.C6H14N2O/c1-32-21-12-9-17(24)15-20(21)22(28)25-14-13-16-7-10-19(11-8-16)33(30,31)27-23(29)26-18-5-3-2-4-6-18;1-2-3-4-5-8-6(7)9/h7-12,15,18H,2-6,13-14H2,1H3,(H,25,28)(H2,26,27,29);2-5H2,1H3,(H3,7,8,9). The zero-order valence-electron chi connectivity index (χ0n) is 24.2. The second kappa shape index (κ2) is 18.1. The summed E-state index contributed by atoms with van der Waals surface area (Å²) in [5, 5.41) is 8.48. The van der Waals surface area contributed by atoms with Crippen molar-refractivity contribution >= 4 is 39.6 Å². The third-order valence-corrected chi connectivity index (χ3v) is 8.17. The van der Waals surface area contributed by atoms with E-state index in [0.717, 1.165) is 50.5 Å². The Hall–Kier alpha value is -3.51. The predicted molar refractivity (Wildman–Crippen MR) is 163 cm³/mol. The summed E-state index contributed by atoms with van der Waals surface area (Å²) in [5.74, 6) is 0.105. The van der Waals surface area contributed by atoms with Crippen LogP contribution in [0.5, 0.6) is 5.75 Å². The third kappa shape index (κ3) is 12.6. The molecule has 1 saturated carbocycles. The van der Waals surface area contributed by atoms with E-state index in [1.807, 2.05) is 0 Å². The predicted octanol–water partition coefficient (Wildman–Crippen LogP) is 4.49. The number of methoxy groups -OCH3 is 1. The number of halogens is 1. The van der Waals surface area contributed by atoms with Gasteiger partial charge in [-0.3, -0.25) is 4.79 Å². The molecule has 2 aromatic rings. The summed E-state index contributed by atoms with van der Waals surface area (Å²) in [4.78, 5) is 34.6. The lowest BCUT2D eigenvalue weighted by molar-refractivity contribution is 0.0951. The lowest BCUT2D eigenvalue weighted by atomic mass is 9.96. The van der Waals surface area contributed by atoms with Gasteiger partial charge in [-0.2, -0.15) is 0 Å². The SMILES string of the molecule is CCCCCNC(N)=O.COc1ccc(Cl)cc1C(=O)NCCc1ccc(S(=O)(=O)NC(=O)NC2CCCCC2)cc1. The highest BCUT2D eigenvalue weighted by Crippen LogP contribution is 2.22. The molecule has 0 aliphatic heterocycles. The van der Waals surface area contributed by atoms with E-state index in [0.29, 0.717) is 35.8 Å². The van der Waals surface area contributed by atoms with Crippen molar-refractivity contribution in [3.8, 4) is 5.75 Å². The quantitative estimate of drug-likeness (QED) is 0.218. The largest absolute Gasteiger partial charge is 0.496 e. The maximum Gasteiger partial charge on any atom is 0.328 e. The molecule has 2 aromatic carbocycles. The number of hydrogen-bond acceptors (Lipinski definition) is 6. The van der Waals surface area contributed by atoms with Crippen LogP contribution in [0.2, 0.25) is 5.02 Å². The van der Waals surface area contributed by atoms with Crippen molar-refractivity contribution < 1.29 is 27.5 Å². The smallest absolute Gasteiger partial charge is 0.328 e. The number of primary amides is 1. The molecule has 0 radical (unpaired) electrons. The van der Waals surface area contributed by atoms with Gasteiger partial charge in [0.2, 0.25) is 0 Å². The molecule has 42 heavy (non-hydrogen) atoms. The molecular weight excluding hydrogens is 582 g/mol. The number of nitrogens with two attached hydrogens (primary N) is 1. The molecule has 13 heteroatoms. The summed E-state index contributed by atoms with van der Waals surface area (Å²) in [6.45, 7) is 3.16. The van der Waals surface area contributed by atoms with Crippen LogP contribution in [0.1, 0.15) is 74.2 Å². The first-order valence-corrected chi connectivity index (χ1v) is 16.0. The van der Waals surface area contributed by atoms with Crippen LogP contribution >= 0.6 is 11.6 Å². The first-order chi connectivity index (χ1) is 20.1. The molecule has 0 bridgehead atoms. The number of urea groups is 2. The highest BCUT2D eigenvalue weighted by molar-refractivity contribution is 7.90. The minimum absolute atomic E-state index is 0.00209. The number of ether oxygens (including phenoxy) is 1. The minimum Gasteiger partial charge on any atom is -0.496 e. The number of carbonyl (C=O) groups excluding carboxylic acids is 3. The third-order valence-electron chi connectivity index (χ3n) is 6.59. The van der Waals surface area contributed by atoms with Crippen LogP contribution in [0.4, 0.5) is 9.59 Å². The Morgan fingerprint density at radius 1 is 0.976 bits per heavy atom. The Bertz CT molecular complexity index is 1270. The fourth-order valence-electron chi connectivity index (χ4n) is 4.34. The van der Waals surface area contributed by atoms with E-state index in [4.69, 9.17) is 22.1 Å². The molecule has 0 saturated heterocycles. The van der Waals surface area contributed by atoms with E-state index in [9.17, 15) is 22.8 Å². The van der Waals surface area contributed by atoms with Crippen molar-refractivity contribution in [2.24, 2.45) is 5.73 Å². The molecule has 232 valence electrons. The van der Waals surface area contributed by atoms with Gasteiger partial charge < -0.3 is 26.4 Å². The summed E-state index contributed by atoms with van der Waals surface area (Å²) in [6, 6.07) is 9.86. The Kier molecular flexibility index (Phi) is 15.0. The Morgan fingerprint density at radius 2 is 1.67 bits per heavy atom. The zero-order chi connectivity index (χ0) is 31.0. The molecule has 0 heterocycles. The molecule has 6 N–H and O–H groups in total. The summed E-state index contributed by atoms with van der Waals surface area (Å²) < 4.78 is 32.2. The Morgan fingerprint density at radius 3 is 2.29 bits per heavy atom. The van der Waals surface area contributed by atoms with Crippen LogP contribution in [0.3, 0.4) is 0 Å². The van der Waals surface area contributed by atoms with Crippen LogP contribution < -0.4 is 31.1 Å². The second-order valence-electron chi connectivity index (χ2n) is 9.91. The minimum atomic E-state index is -3.97. The highest BCUT2D eigenvalue weighted by Gasteiger charge is 2.21. The first-order valence-electron chi connectivity index (χ1n) is 14.1. The number of carbonyl (C=O) groups is 3. The molecule has 0 aromatic heterocycles. The second-order valence-corrected chi connectivity index (χ2v) is 12.0. The van der Waals surface area contributed by atoms with E-state index in [1.165, 1.54) is 31.7 Å².